The first-order chi connectivity index (χ1) is 8.68. The number of rotatable bonds is 6. The fraction of sp³-hybridized carbons (Fsp3) is 0.455. The lowest BCUT2D eigenvalue weighted by Crippen LogP contribution is -2.43. The molecule has 0 saturated heterocycles. The molecule has 1 aromatic rings. The monoisotopic (exact) mass is 327 g/mol. The Bertz CT molecular complexity index is 546. The first kappa shape index (κ1) is 16.7. The molecule has 0 heterocycles. The summed E-state index contributed by atoms with van der Waals surface area (Å²) in [5.74, 6) is 0. The summed E-state index contributed by atoms with van der Waals surface area (Å²) in [7, 11) is -2.43. The second-order valence-corrected chi connectivity index (χ2v) is 6.91. The van der Waals surface area contributed by atoms with Gasteiger partial charge in [-0.1, -0.05) is 23.2 Å². The van der Waals surface area contributed by atoms with Gasteiger partial charge in [0.05, 0.1) is 17.2 Å². The Balaban J connectivity index is 2.90. The molecule has 19 heavy (non-hydrogen) atoms. The molecule has 2 N–H and O–H groups in total. The van der Waals surface area contributed by atoms with Crippen molar-refractivity contribution >= 4 is 33.2 Å². The van der Waals surface area contributed by atoms with Crippen LogP contribution >= 0.6 is 23.2 Å². The number of methoxy groups -OCH3 is 1. The average molecular weight is 328 g/mol. The van der Waals surface area contributed by atoms with Gasteiger partial charge >= 0.3 is 0 Å². The zero-order chi connectivity index (χ0) is 14.7. The van der Waals surface area contributed by atoms with Crippen molar-refractivity contribution in [2.45, 2.75) is 17.4 Å². The maximum Gasteiger partial charge on any atom is 0.242 e. The summed E-state index contributed by atoms with van der Waals surface area (Å²) < 4.78 is 31.2. The Morgan fingerprint density at radius 1 is 1.42 bits per heavy atom. The molecule has 0 fully saturated rings. The predicted molar refractivity (Wildman–Crippen MR) is 74.2 cm³/mol. The van der Waals surface area contributed by atoms with Crippen molar-refractivity contribution in [2.24, 2.45) is 0 Å². The Hall–Kier alpha value is -0.370. The lowest BCUT2D eigenvalue weighted by molar-refractivity contribution is -0.0119. The van der Waals surface area contributed by atoms with E-state index in [0.717, 1.165) is 0 Å². The largest absolute Gasteiger partial charge is 0.386 e. The van der Waals surface area contributed by atoms with Gasteiger partial charge in [0, 0.05) is 18.7 Å². The molecule has 0 aromatic heterocycles. The Morgan fingerprint density at radius 2 is 2.05 bits per heavy atom. The van der Waals surface area contributed by atoms with Crippen LogP contribution in [-0.4, -0.2) is 39.4 Å². The van der Waals surface area contributed by atoms with E-state index >= 15 is 0 Å². The molecule has 0 aliphatic rings. The highest BCUT2D eigenvalue weighted by Crippen LogP contribution is 2.24. The average Bonchev–Trinajstić information content (AvgIpc) is 2.30. The molecule has 108 valence electrons. The van der Waals surface area contributed by atoms with Gasteiger partial charge in [0.25, 0.3) is 0 Å². The van der Waals surface area contributed by atoms with E-state index in [1.54, 1.807) is 0 Å². The Labute approximate surface area is 122 Å². The zero-order valence-corrected chi connectivity index (χ0v) is 12.8. The van der Waals surface area contributed by atoms with Crippen molar-refractivity contribution in [3.8, 4) is 0 Å². The van der Waals surface area contributed by atoms with E-state index in [2.05, 4.69) is 4.72 Å². The van der Waals surface area contributed by atoms with Gasteiger partial charge in [-0.25, -0.2) is 13.1 Å². The number of halogens is 2. The van der Waals surface area contributed by atoms with Crippen molar-refractivity contribution in [1.82, 2.24) is 4.72 Å². The van der Waals surface area contributed by atoms with Crippen LogP contribution < -0.4 is 4.72 Å². The van der Waals surface area contributed by atoms with Crippen molar-refractivity contribution < 1.29 is 18.3 Å². The van der Waals surface area contributed by atoms with Gasteiger partial charge in [-0.2, -0.15) is 0 Å². The summed E-state index contributed by atoms with van der Waals surface area (Å²) in [4.78, 5) is -0.130. The van der Waals surface area contributed by atoms with Crippen molar-refractivity contribution in [3.63, 3.8) is 0 Å². The van der Waals surface area contributed by atoms with E-state index in [4.69, 9.17) is 27.9 Å². The number of ether oxygens (including phenoxy) is 1. The highest BCUT2D eigenvalue weighted by Gasteiger charge is 2.25. The Kier molecular flexibility index (Phi) is 5.61. The SMILES string of the molecule is COCC(C)(O)CNS(=O)(=O)c1cc(Cl)ccc1Cl. The summed E-state index contributed by atoms with van der Waals surface area (Å²) in [6.07, 6.45) is 0. The first-order valence-electron chi connectivity index (χ1n) is 5.34. The summed E-state index contributed by atoms with van der Waals surface area (Å²) in [5.41, 5.74) is -1.31. The number of benzene rings is 1. The van der Waals surface area contributed by atoms with Crippen LogP contribution in [0.1, 0.15) is 6.92 Å². The molecule has 0 amide bonds. The zero-order valence-electron chi connectivity index (χ0n) is 10.5. The van der Waals surface area contributed by atoms with E-state index in [1.165, 1.54) is 32.2 Å². The quantitative estimate of drug-likeness (QED) is 0.833. The van der Waals surface area contributed by atoms with Gasteiger partial charge in [-0.3, -0.25) is 0 Å². The molecular formula is C11H15Cl2NO4S. The highest BCUT2D eigenvalue weighted by molar-refractivity contribution is 7.89. The third-order valence-electron chi connectivity index (χ3n) is 2.28. The Morgan fingerprint density at radius 3 is 2.63 bits per heavy atom. The van der Waals surface area contributed by atoms with Crippen LogP contribution in [0.5, 0.6) is 0 Å². The fourth-order valence-corrected chi connectivity index (χ4v) is 3.30. The molecule has 0 saturated carbocycles. The van der Waals surface area contributed by atoms with E-state index in [-0.39, 0.29) is 28.1 Å². The van der Waals surface area contributed by atoms with Crippen LogP contribution in [0, 0.1) is 0 Å². The number of hydrogen-bond acceptors (Lipinski definition) is 4. The maximum atomic E-state index is 12.1. The van der Waals surface area contributed by atoms with Crippen LogP contribution in [-0.2, 0) is 14.8 Å². The lowest BCUT2D eigenvalue weighted by atomic mass is 10.1. The van der Waals surface area contributed by atoms with Gasteiger partial charge in [0.1, 0.15) is 4.90 Å². The number of aliphatic hydroxyl groups is 1. The van der Waals surface area contributed by atoms with Gasteiger partial charge in [0.15, 0.2) is 0 Å². The molecule has 0 aliphatic heterocycles. The lowest BCUT2D eigenvalue weighted by Gasteiger charge is -2.22. The molecule has 1 rings (SSSR count). The topological polar surface area (TPSA) is 75.6 Å². The summed E-state index contributed by atoms with van der Waals surface area (Å²) in [6.45, 7) is 1.25. The fourth-order valence-electron chi connectivity index (χ4n) is 1.37. The normalized spacial score (nSPS) is 15.2. The minimum Gasteiger partial charge on any atom is -0.386 e. The summed E-state index contributed by atoms with van der Waals surface area (Å²) in [5, 5.41) is 10.2. The molecule has 0 spiro atoms. The van der Waals surface area contributed by atoms with Gasteiger partial charge in [0.2, 0.25) is 10.0 Å². The predicted octanol–water partition coefficient (Wildman–Crippen LogP) is 1.67. The highest BCUT2D eigenvalue weighted by atomic mass is 35.5. The van der Waals surface area contributed by atoms with Crippen molar-refractivity contribution in [2.75, 3.05) is 20.3 Å². The smallest absolute Gasteiger partial charge is 0.242 e. The number of sulfonamides is 1. The minimum absolute atomic E-state index is 0.00119. The number of nitrogens with one attached hydrogen (secondary N) is 1. The van der Waals surface area contributed by atoms with Crippen LogP contribution in [0.3, 0.4) is 0 Å². The molecule has 0 radical (unpaired) electrons. The van der Waals surface area contributed by atoms with Crippen molar-refractivity contribution in [1.29, 1.82) is 0 Å². The third kappa shape index (κ3) is 4.91. The first-order valence-corrected chi connectivity index (χ1v) is 7.58. The molecule has 0 bridgehead atoms. The van der Waals surface area contributed by atoms with Crippen LogP contribution in [0.25, 0.3) is 0 Å². The summed E-state index contributed by atoms with van der Waals surface area (Å²) >= 11 is 11.6. The maximum absolute atomic E-state index is 12.1. The molecule has 1 unspecified atom stereocenters. The van der Waals surface area contributed by atoms with Crippen LogP contribution in [0.15, 0.2) is 23.1 Å². The molecular weight excluding hydrogens is 313 g/mol. The van der Waals surface area contributed by atoms with Crippen LogP contribution in [0.2, 0.25) is 10.0 Å². The molecule has 1 atom stereocenters. The van der Waals surface area contributed by atoms with Gasteiger partial charge in [-0.05, 0) is 25.1 Å². The van der Waals surface area contributed by atoms with E-state index < -0.39 is 15.6 Å². The number of hydrogen-bond donors (Lipinski definition) is 2. The minimum atomic E-state index is -3.85. The second-order valence-electron chi connectivity index (χ2n) is 4.33. The second kappa shape index (κ2) is 6.39. The summed E-state index contributed by atoms with van der Waals surface area (Å²) in [6, 6.07) is 4.13. The molecule has 8 heteroatoms. The standard InChI is InChI=1S/C11H15Cl2NO4S/c1-11(15,7-18-2)6-14-19(16,17)10-5-8(12)3-4-9(10)13/h3-5,14-15H,6-7H2,1-2H3. The van der Waals surface area contributed by atoms with E-state index in [1.807, 2.05) is 0 Å². The molecule has 5 nitrogen and oxygen atoms in total. The van der Waals surface area contributed by atoms with E-state index in [9.17, 15) is 13.5 Å². The van der Waals surface area contributed by atoms with Crippen molar-refractivity contribution in [3.05, 3.63) is 28.2 Å². The van der Waals surface area contributed by atoms with Crippen LogP contribution in [0.4, 0.5) is 0 Å². The third-order valence-corrected chi connectivity index (χ3v) is 4.40. The van der Waals surface area contributed by atoms with Gasteiger partial charge in [-0.15, -0.1) is 0 Å². The van der Waals surface area contributed by atoms with Gasteiger partial charge < -0.3 is 9.84 Å². The molecule has 1 aromatic carbocycles. The molecule has 0 aliphatic carbocycles. The van der Waals surface area contributed by atoms with E-state index in [0.29, 0.717) is 0 Å².